The van der Waals surface area contributed by atoms with Crippen LogP contribution in [0.3, 0.4) is 0 Å². The summed E-state index contributed by atoms with van der Waals surface area (Å²) in [5.41, 5.74) is 1.79. The van der Waals surface area contributed by atoms with E-state index in [4.69, 9.17) is 16.3 Å². The van der Waals surface area contributed by atoms with Crippen LogP contribution in [-0.4, -0.2) is 29.4 Å². The predicted molar refractivity (Wildman–Crippen MR) is 124 cm³/mol. The molecule has 1 fully saturated rings. The van der Waals surface area contributed by atoms with Crippen LogP contribution in [-0.2, 0) is 4.79 Å². The Hall–Kier alpha value is -2.37. The number of para-hydroxylation sites is 2. The number of rotatable bonds is 4. The van der Waals surface area contributed by atoms with E-state index in [0.29, 0.717) is 40.0 Å². The highest BCUT2D eigenvalue weighted by Crippen LogP contribution is 2.40. The Labute approximate surface area is 188 Å². The van der Waals surface area contributed by atoms with Gasteiger partial charge in [-0.3, -0.25) is 14.5 Å². The normalized spacial score (nSPS) is 20.2. The third kappa shape index (κ3) is 4.63. The van der Waals surface area contributed by atoms with E-state index in [1.807, 2.05) is 24.3 Å². The number of nitrogens with zero attached hydrogens (tertiary/aromatic N) is 1. The highest BCUT2D eigenvalue weighted by atomic mass is 35.5. The number of benzene rings is 2. The van der Waals surface area contributed by atoms with Crippen LogP contribution in [0.4, 0.5) is 11.4 Å². The molecule has 0 aliphatic carbocycles. The van der Waals surface area contributed by atoms with Crippen molar-refractivity contribution in [3.63, 3.8) is 0 Å². The highest BCUT2D eigenvalue weighted by molar-refractivity contribution is 6.34. The van der Waals surface area contributed by atoms with Crippen molar-refractivity contribution in [2.75, 3.05) is 11.5 Å². The summed E-state index contributed by atoms with van der Waals surface area (Å²) in [7, 11) is 0. The number of Topliss-reactive ketones (excluding diaryl/α,β-unsaturated/α-hetero) is 1. The van der Waals surface area contributed by atoms with Gasteiger partial charge in [0, 0.05) is 23.1 Å². The second-order valence-electron chi connectivity index (χ2n) is 9.95. The van der Waals surface area contributed by atoms with Gasteiger partial charge in [-0.25, -0.2) is 0 Å². The maximum absolute atomic E-state index is 13.1. The van der Waals surface area contributed by atoms with Crippen molar-refractivity contribution in [3.8, 4) is 5.75 Å². The van der Waals surface area contributed by atoms with Gasteiger partial charge in [-0.2, -0.15) is 0 Å². The van der Waals surface area contributed by atoms with Gasteiger partial charge in [-0.1, -0.05) is 23.7 Å². The van der Waals surface area contributed by atoms with Crippen molar-refractivity contribution in [1.82, 2.24) is 5.32 Å². The fourth-order valence-electron chi connectivity index (χ4n) is 5.29. The number of ketones is 1. The predicted octanol–water partition coefficient (Wildman–Crippen LogP) is 5.53. The van der Waals surface area contributed by atoms with Gasteiger partial charge in [0.25, 0.3) is 5.91 Å². The topological polar surface area (TPSA) is 58.6 Å². The van der Waals surface area contributed by atoms with Crippen LogP contribution < -0.4 is 15.0 Å². The molecular formula is C25H29ClN2O3. The summed E-state index contributed by atoms with van der Waals surface area (Å²) in [6.07, 6.45) is 2.39. The summed E-state index contributed by atoms with van der Waals surface area (Å²) in [5.74, 6) is 0.832. The zero-order valence-corrected chi connectivity index (χ0v) is 19.3. The van der Waals surface area contributed by atoms with Crippen LogP contribution in [0.25, 0.3) is 0 Å². The van der Waals surface area contributed by atoms with Gasteiger partial charge in [0.2, 0.25) is 0 Å². The lowest BCUT2D eigenvalue weighted by Gasteiger charge is -2.46. The van der Waals surface area contributed by atoms with Crippen LogP contribution in [0.5, 0.6) is 5.75 Å². The van der Waals surface area contributed by atoms with E-state index in [1.54, 1.807) is 23.1 Å². The van der Waals surface area contributed by atoms with Crippen molar-refractivity contribution >= 4 is 34.7 Å². The van der Waals surface area contributed by atoms with E-state index in [9.17, 15) is 9.59 Å². The number of piperidine rings is 1. The Kier molecular flexibility index (Phi) is 5.61. The van der Waals surface area contributed by atoms with Crippen LogP contribution >= 0.6 is 11.6 Å². The van der Waals surface area contributed by atoms with Crippen molar-refractivity contribution < 1.29 is 14.3 Å². The third-order valence-electron chi connectivity index (χ3n) is 5.97. The average molecular weight is 441 g/mol. The van der Waals surface area contributed by atoms with Crippen LogP contribution in [0.15, 0.2) is 42.5 Å². The molecule has 0 saturated carbocycles. The lowest BCUT2D eigenvalue weighted by Crippen LogP contribution is -2.57. The van der Waals surface area contributed by atoms with Crippen LogP contribution in [0.1, 0.15) is 57.3 Å². The number of hydrogen-bond acceptors (Lipinski definition) is 4. The van der Waals surface area contributed by atoms with Crippen molar-refractivity contribution in [2.45, 2.75) is 58.0 Å². The number of fused-ring (bicyclic) bond motifs is 1. The van der Waals surface area contributed by atoms with E-state index in [1.165, 1.54) is 0 Å². The molecule has 1 saturated heterocycles. The maximum Gasteiger partial charge on any atom is 0.269 e. The Bertz CT molecular complexity index is 1020. The Morgan fingerprint density at radius 3 is 2.45 bits per heavy atom. The number of hydrogen-bond donors (Lipinski definition) is 1. The molecule has 0 aromatic heterocycles. The van der Waals surface area contributed by atoms with Gasteiger partial charge >= 0.3 is 0 Å². The minimum atomic E-state index is -0.196. The summed E-state index contributed by atoms with van der Waals surface area (Å²) in [4.78, 5) is 27.2. The SMILES string of the molecule is CC1(C)CC(CC(=O)c2ccc(N3C(=O)COc4ccccc43)c(Cl)c2)CC(C)(C)N1. The largest absolute Gasteiger partial charge is 0.482 e. The molecule has 2 aliphatic heterocycles. The average Bonchev–Trinajstić information content (AvgIpc) is 2.66. The first-order valence-electron chi connectivity index (χ1n) is 10.7. The van der Waals surface area contributed by atoms with E-state index < -0.39 is 0 Å². The fourth-order valence-corrected chi connectivity index (χ4v) is 5.55. The molecule has 1 N–H and O–H groups in total. The Balaban J connectivity index is 1.56. The first-order chi connectivity index (χ1) is 14.5. The number of carbonyl (C=O) groups is 2. The van der Waals surface area contributed by atoms with E-state index >= 15 is 0 Å². The highest BCUT2D eigenvalue weighted by Gasteiger charge is 2.38. The Morgan fingerprint density at radius 2 is 1.77 bits per heavy atom. The van der Waals surface area contributed by atoms with Crippen LogP contribution in [0, 0.1) is 5.92 Å². The van der Waals surface area contributed by atoms with E-state index in [0.717, 1.165) is 12.8 Å². The number of amides is 1. The second-order valence-corrected chi connectivity index (χ2v) is 10.4. The smallest absolute Gasteiger partial charge is 0.269 e. The monoisotopic (exact) mass is 440 g/mol. The summed E-state index contributed by atoms with van der Waals surface area (Å²) in [6.45, 7) is 8.71. The molecule has 0 spiro atoms. The molecule has 31 heavy (non-hydrogen) atoms. The molecule has 2 heterocycles. The summed E-state index contributed by atoms with van der Waals surface area (Å²) < 4.78 is 5.51. The molecule has 5 nitrogen and oxygen atoms in total. The number of carbonyl (C=O) groups excluding carboxylic acids is 2. The third-order valence-corrected chi connectivity index (χ3v) is 6.27. The molecule has 2 aromatic rings. The minimum absolute atomic E-state index is 0.00170. The first-order valence-corrected chi connectivity index (χ1v) is 11.1. The van der Waals surface area contributed by atoms with Crippen molar-refractivity contribution in [3.05, 3.63) is 53.1 Å². The van der Waals surface area contributed by atoms with Crippen LogP contribution in [0.2, 0.25) is 5.02 Å². The molecular weight excluding hydrogens is 412 g/mol. The maximum atomic E-state index is 13.1. The Morgan fingerprint density at radius 1 is 1.10 bits per heavy atom. The number of ether oxygens (including phenoxy) is 1. The molecule has 1 amide bonds. The molecule has 164 valence electrons. The van der Waals surface area contributed by atoms with Crippen molar-refractivity contribution in [1.29, 1.82) is 0 Å². The number of anilines is 2. The van der Waals surface area contributed by atoms with E-state index in [2.05, 4.69) is 33.0 Å². The molecule has 6 heteroatoms. The van der Waals surface area contributed by atoms with Gasteiger partial charge in [-0.05, 0) is 76.8 Å². The molecule has 2 aliphatic rings. The number of halogens is 1. The summed E-state index contributed by atoms with van der Waals surface area (Å²) in [6, 6.07) is 12.6. The van der Waals surface area contributed by atoms with Gasteiger partial charge in [0.15, 0.2) is 12.4 Å². The molecule has 0 unspecified atom stereocenters. The molecule has 0 radical (unpaired) electrons. The lowest BCUT2D eigenvalue weighted by molar-refractivity contribution is -0.120. The zero-order valence-electron chi connectivity index (χ0n) is 18.5. The van der Waals surface area contributed by atoms with Gasteiger partial charge in [0.05, 0.1) is 16.4 Å². The zero-order chi connectivity index (χ0) is 22.4. The number of nitrogens with one attached hydrogen (secondary N) is 1. The first kappa shape index (κ1) is 21.8. The molecule has 0 bridgehead atoms. The standard InChI is InChI=1S/C25H29ClN2O3/c1-24(2)13-16(14-25(3,4)27-24)11-21(29)17-9-10-19(18(26)12-17)28-20-7-5-6-8-22(20)31-15-23(28)30/h5-10,12,16,27H,11,13-15H2,1-4H3. The lowest BCUT2D eigenvalue weighted by atomic mass is 9.74. The summed E-state index contributed by atoms with van der Waals surface area (Å²) in [5, 5.41) is 4.04. The van der Waals surface area contributed by atoms with Crippen molar-refractivity contribution in [2.24, 2.45) is 5.92 Å². The van der Waals surface area contributed by atoms with E-state index in [-0.39, 0.29) is 29.4 Å². The molecule has 2 aromatic carbocycles. The molecule has 4 rings (SSSR count). The van der Waals surface area contributed by atoms with Gasteiger partial charge in [0.1, 0.15) is 5.75 Å². The molecule has 0 atom stereocenters. The fraction of sp³-hybridized carbons (Fsp3) is 0.440. The quantitative estimate of drug-likeness (QED) is 0.635. The minimum Gasteiger partial charge on any atom is -0.482 e. The summed E-state index contributed by atoms with van der Waals surface area (Å²) >= 11 is 6.58. The van der Waals surface area contributed by atoms with Gasteiger partial charge in [-0.15, -0.1) is 0 Å². The second kappa shape index (κ2) is 7.95. The van der Waals surface area contributed by atoms with Gasteiger partial charge < -0.3 is 10.1 Å².